The van der Waals surface area contributed by atoms with E-state index in [2.05, 4.69) is 25.7 Å². The molecule has 216 valence electrons. The van der Waals surface area contributed by atoms with Crippen molar-refractivity contribution in [2.75, 3.05) is 18.4 Å². The second-order valence-corrected chi connectivity index (χ2v) is 12.1. The topological polar surface area (TPSA) is 131 Å². The van der Waals surface area contributed by atoms with Crippen molar-refractivity contribution in [3.8, 4) is 0 Å². The minimum atomic E-state index is -4.35. The first-order valence-corrected chi connectivity index (χ1v) is 14.5. The number of aryl methyl sites for hydroxylation is 1. The molecule has 2 aromatic heterocycles. The van der Waals surface area contributed by atoms with Gasteiger partial charge in [-0.3, -0.25) is 4.68 Å². The molecule has 0 spiro atoms. The third kappa shape index (κ3) is 8.03. The van der Waals surface area contributed by atoms with E-state index in [0.29, 0.717) is 44.7 Å². The number of alkyl carbamates (subject to hydrolysis) is 1. The lowest BCUT2D eigenvalue weighted by atomic mass is 9.84. The molecule has 2 N–H and O–H groups in total. The first-order valence-electron chi connectivity index (χ1n) is 13.0. The van der Waals surface area contributed by atoms with Crippen molar-refractivity contribution in [3.63, 3.8) is 0 Å². The van der Waals surface area contributed by atoms with Crippen LogP contribution in [0, 0.1) is 0 Å². The zero-order chi connectivity index (χ0) is 28.2. The maximum absolute atomic E-state index is 12.8. The Morgan fingerprint density at radius 3 is 2.33 bits per heavy atom. The molecular weight excluding hydrogens is 539 g/mol. The van der Waals surface area contributed by atoms with Crippen molar-refractivity contribution in [2.24, 2.45) is 7.05 Å². The van der Waals surface area contributed by atoms with Crippen LogP contribution in [0.15, 0.2) is 29.7 Å². The molecule has 0 unspecified atom stereocenters. The average molecular weight is 574 g/mol. The number of halogens is 3. The number of alkyl halides is 3. The quantitative estimate of drug-likeness (QED) is 0.490. The number of rotatable bonds is 8. The van der Waals surface area contributed by atoms with E-state index in [-0.39, 0.29) is 23.1 Å². The Kier molecular flexibility index (Phi) is 8.99. The molecule has 3 heterocycles. The molecule has 0 aromatic carbocycles. The second-order valence-electron chi connectivity index (χ2n) is 10.2. The first kappa shape index (κ1) is 29.1. The Hall–Kier alpha value is -2.94. The molecule has 1 aliphatic heterocycles. The third-order valence-electron chi connectivity index (χ3n) is 7.07. The van der Waals surface area contributed by atoms with E-state index in [4.69, 9.17) is 4.74 Å². The summed E-state index contributed by atoms with van der Waals surface area (Å²) in [7, 11) is -1.93. The molecule has 0 bridgehead atoms. The van der Waals surface area contributed by atoms with E-state index in [0.717, 1.165) is 18.4 Å². The van der Waals surface area contributed by atoms with Crippen LogP contribution in [0.2, 0.25) is 0 Å². The van der Waals surface area contributed by atoms with Crippen LogP contribution in [-0.4, -0.2) is 76.0 Å². The van der Waals surface area contributed by atoms with Crippen LogP contribution in [0.5, 0.6) is 0 Å². The summed E-state index contributed by atoms with van der Waals surface area (Å²) in [6, 6.07) is 0.489. The molecule has 1 saturated carbocycles. The number of nitrogens with one attached hydrogen (secondary N) is 2. The minimum absolute atomic E-state index is 0.0450. The average Bonchev–Trinajstić information content (AvgIpc) is 3.31. The lowest BCUT2D eigenvalue weighted by molar-refractivity contribution is -0.138. The number of carbonyl (C=O) groups excluding carboxylic acids is 1. The van der Waals surface area contributed by atoms with E-state index >= 15 is 0 Å². The molecule has 11 nitrogen and oxygen atoms in total. The summed E-state index contributed by atoms with van der Waals surface area (Å²) in [4.78, 5) is 20.8. The standard InChI is InChI=1S/C24H34F3N7O4S/c1-16(13-24(25,26)27)30-23(35)38-20-5-3-17(4-6-20)18-14-28-22(29-15-18)31-19-7-11-34(12-8-19)39(36,37)21-9-10-33(2)32-21/h9-10,14-17,19-20H,3-8,11-13H2,1-2H3,(H,30,35)(H,28,29,31)/t16-,17-,20+/m0/s1. The molecule has 1 aliphatic carbocycles. The van der Waals surface area contributed by atoms with Crippen molar-refractivity contribution in [1.29, 1.82) is 0 Å². The van der Waals surface area contributed by atoms with Gasteiger partial charge in [-0.05, 0) is 63.0 Å². The summed E-state index contributed by atoms with van der Waals surface area (Å²) in [6.07, 6.45) is 2.46. The summed E-state index contributed by atoms with van der Waals surface area (Å²) in [5.41, 5.74) is 0.971. The normalized spacial score (nSPS) is 22.3. The van der Waals surface area contributed by atoms with Crippen molar-refractivity contribution in [1.82, 2.24) is 29.4 Å². The van der Waals surface area contributed by atoms with E-state index in [1.165, 1.54) is 22.0 Å². The van der Waals surface area contributed by atoms with Crippen molar-refractivity contribution >= 4 is 22.1 Å². The number of hydrogen-bond donors (Lipinski definition) is 2. The number of nitrogens with zero attached hydrogens (tertiary/aromatic N) is 5. The monoisotopic (exact) mass is 573 g/mol. The van der Waals surface area contributed by atoms with Crippen LogP contribution < -0.4 is 10.6 Å². The fraction of sp³-hybridized carbons (Fsp3) is 0.667. The van der Waals surface area contributed by atoms with Crippen molar-refractivity contribution in [2.45, 2.75) is 87.2 Å². The highest BCUT2D eigenvalue weighted by molar-refractivity contribution is 7.89. The number of ether oxygens (including phenoxy) is 1. The van der Waals surface area contributed by atoms with Gasteiger partial charge >= 0.3 is 12.3 Å². The number of anilines is 1. The van der Waals surface area contributed by atoms with Crippen LogP contribution in [-0.2, 0) is 21.8 Å². The number of hydrogen-bond acceptors (Lipinski definition) is 8. The Balaban J connectivity index is 1.19. The number of piperidine rings is 1. The molecule has 15 heteroatoms. The van der Waals surface area contributed by atoms with E-state index < -0.39 is 34.8 Å². The summed E-state index contributed by atoms with van der Waals surface area (Å²) in [6.45, 7) is 2.04. The van der Waals surface area contributed by atoms with Crippen molar-refractivity contribution < 1.29 is 31.1 Å². The molecule has 4 rings (SSSR count). The fourth-order valence-electron chi connectivity index (χ4n) is 5.01. The molecule has 0 radical (unpaired) electrons. The summed E-state index contributed by atoms with van der Waals surface area (Å²) in [5.74, 6) is 0.678. The van der Waals surface area contributed by atoms with Gasteiger partial charge in [0.25, 0.3) is 10.0 Å². The predicted molar refractivity (Wildman–Crippen MR) is 135 cm³/mol. The molecule has 2 aliphatic rings. The SMILES string of the molecule is C[C@@H](CC(F)(F)F)NC(=O)O[C@H]1CC[C@@H](c2cnc(NC3CCN(S(=O)(=O)c4ccn(C)n4)CC3)nc2)CC1. The zero-order valence-electron chi connectivity index (χ0n) is 21.9. The molecule has 1 saturated heterocycles. The fourth-order valence-corrected chi connectivity index (χ4v) is 6.43. The highest BCUT2D eigenvalue weighted by Crippen LogP contribution is 2.34. The lowest BCUT2D eigenvalue weighted by Gasteiger charge is -2.31. The second kappa shape index (κ2) is 12.1. The molecular formula is C24H34F3N7O4S. The Labute approximate surface area is 225 Å². The largest absolute Gasteiger partial charge is 0.446 e. The van der Waals surface area contributed by atoms with Gasteiger partial charge in [-0.2, -0.15) is 22.6 Å². The molecule has 2 aromatic rings. The smallest absolute Gasteiger partial charge is 0.407 e. The van der Waals surface area contributed by atoms with Gasteiger partial charge in [0, 0.05) is 50.8 Å². The Morgan fingerprint density at radius 1 is 1.13 bits per heavy atom. The van der Waals surface area contributed by atoms with Crippen LogP contribution in [0.4, 0.5) is 23.9 Å². The molecule has 1 amide bonds. The van der Waals surface area contributed by atoms with Gasteiger partial charge in [0.05, 0.1) is 6.42 Å². The predicted octanol–water partition coefficient (Wildman–Crippen LogP) is 3.57. The van der Waals surface area contributed by atoms with Gasteiger partial charge in [0.1, 0.15) is 6.10 Å². The molecule has 2 fully saturated rings. The number of sulfonamides is 1. The Morgan fingerprint density at radius 2 is 1.77 bits per heavy atom. The molecule has 39 heavy (non-hydrogen) atoms. The van der Waals surface area contributed by atoms with Gasteiger partial charge in [0.2, 0.25) is 5.95 Å². The van der Waals surface area contributed by atoms with Gasteiger partial charge in [-0.25, -0.2) is 23.2 Å². The zero-order valence-corrected chi connectivity index (χ0v) is 22.7. The maximum Gasteiger partial charge on any atom is 0.407 e. The van der Waals surface area contributed by atoms with Crippen LogP contribution >= 0.6 is 0 Å². The summed E-state index contributed by atoms with van der Waals surface area (Å²) < 4.78 is 71.1. The van der Waals surface area contributed by atoms with Gasteiger partial charge in [-0.15, -0.1) is 0 Å². The highest BCUT2D eigenvalue weighted by atomic mass is 32.2. The van der Waals surface area contributed by atoms with Crippen LogP contribution in [0.3, 0.4) is 0 Å². The van der Waals surface area contributed by atoms with E-state index in [9.17, 15) is 26.4 Å². The molecule has 1 atom stereocenters. The Bertz CT molecular complexity index is 1210. The van der Waals surface area contributed by atoms with Crippen LogP contribution in [0.1, 0.15) is 63.4 Å². The summed E-state index contributed by atoms with van der Waals surface area (Å²) >= 11 is 0. The van der Waals surface area contributed by atoms with Gasteiger partial charge in [0.15, 0.2) is 5.03 Å². The summed E-state index contributed by atoms with van der Waals surface area (Å²) in [5, 5.41) is 9.60. The van der Waals surface area contributed by atoms with Crippen LogP contribution in [0.25, 0.3) is 0 Å². The van der Waals surface area contributed by atoms with Crippen molar-refractivity contribution in [3.05, 3.63) is 30.2 Å². The minimum Gasteiger partial charge on any atom is -0.446 e. The maximum atomic E-state index is 12.8. The highest BCUT2D eigenvalue weighted by Gasteiger charge is 2.33. The third-order valence-corrected chi connectivity index (χ3v) is 8.86. The van der Waals surface area contributed by atoms with E-state index in [1.54, 1.807) is 25.6 Å². The van der Waals surface area contributed by atoms with Gasteiger partial charge in [-0.1, -0.05) is 0 Å². The lowest BCUT2D eigenvalue weighted by Crippen LogP contribution is -2.42. The number of aromatic nitrogens is 4. The number of carbonyl (C=O) groups is 1. The van der Waals surface area contributed by atoms with Gasteiger partial charge < -0.3 is 15.4 Å². The van der Waals surface area contributed by atoms with E-state index in [1.807, 2.05) is 0 Å². The first-order chi connectivity index (χ1) is 18.4. The number of amides is 1.